The molecule has 6 heteroatoms. The molecular weight excluding hydrogens is 319 g/mol. The summed E-state index contributed by atoms with van der Waals surface area (Å²) in [6.07, 6.45) is -3.19. The van der Waals surface area contributed by atoms with Gasteiger partial charge in [0, 0.05) is 11.8 Å². The van der Waals surface area contributed by atoms with Gasteiger partial charge in [-0.2, -0.15) is 13.2 Å². The molecule has 0 N–H and O–H groups in total. The summed E-state index contributed by atoms with van der Waals surface area (Å²) in [5.41, 5.74) is -0.547. The van der Waals surface area contributed by atoms with E-state index in [0.29, 0.717) is 0 Å². The maximum Gasteiger partial charge on any atom is 0.416 e. The summed E-state index contributed by atoms with van der Waals surface area (Å²) in [6.45, 7) is 3.09. The van der Waals surface area contributed by atoms with Crippen molar-refractivity contribution in [2.75, 3.05) is 7.11 Å². The first-order valence-corrected chi connectivity index (χ1v) is 6.91. The molecule has 0 saturated heterocycles. The molecule has 0 aromatic heterocycles. The normalized spacial score (nSPS) is 11.5. The number of rotatable bonds is 4. The first kappa shape index (κ1) is 17.5. The Morgan fingerprint density at radius 3 is 2.42 bits per heavy atom. The van der Waals surface area contributed by atoms with Gasteiger partial charge in [0.25, 0.3) is 0 Å². The number of hydrogen-bond acceptors (Lipinski definition) is 3. The third-order valence-corrected chi connectivity index (χ3v) is 3.24. The van der Waals surface area contributed by atoms with Crippen molar-refractivity contribution in [3.8, 4) is 0 Å². The zero-order valence-corrected chi connectivity index (χ0v) is 12.8. The zero-order valence-electron chi connectivity index (χ0n) is 12.8. The number of hydrogen-bond donors (Lipinski definition) is 0. The molecule has 0 aliphatic heterocycles. The number of carbonyl (C=O) groups is 1. The van der Waals surface area contributed by atoms with E-state index in [2.05, 4.69) is 16.3 Å². The molecule has 0 unspecified atom stereocenters. The second-order valence-corrected chi connectivity index (χ2v) is 4.87. The standard InChI is InChI=1S/C18H14F3NO2/c1-12(18(19,20)21)15-10-14(17(23)24-2)8-9-16(15)22-11-13-6-4-3-5-7-13/h3-11H,1H2,2H3. The smallest absolute Gasteiger partial charge is 0.416 e. The molecule has 0 amide bonds. The van der Waals surface area contributed by atoms with E-state index < -0.39 is 17.7 Å². The number of alkyl halides is 3. The van der Waals surface area contributed by atoms with Gasteiger partial charge in [-0.15, -0.1) is 0 Å². The lowest BCUT2D eigenvalue weighted by Gasteiger charge is -2.13. The van der Waals surface area contributed by atoms with Gasteiger partial charge in [-0.25, -0.2) is 4.79 Å². The molecule has 2 rings (SSSR count). The highest BCUT2D eigenvalue weighted by atomic mass is 19.4. The van der Waals surface area contributed by atoms with Crippen LogP contribution in [0.4, 0.5) is 18.9 Å². The fourth-order valence-electron chi connectivity index (χ4n) is 1.97. The van der Waals surface area contributed by atoms with Crippen LogP contribution < -0.4 is 0 Å². The summed E-state index contributed by atoms with van der Waals surface area (Å²) in [7, 11) is 1.15. The van der Waals surface area contributed by atoms with Crippen LogP contribution in [0.25, 0.3) is 5.57 Å². The lowest BCUT2D eigenvalue weighted by Crippen LogP contribution is -2.11. The maximum atomic E-state index is 13.0. The molecular formula is C18H14F3NO2. The fraction of sp³-hybridized carbons (Fsp3) is 0.111. The van der Waals surface area contributed by atoms with Crippen LogP contribution in [-0.4, -0.2) is 25.5 Å². The van der Waals surface area contributed by atoms with Gasteiger partial charge in [0.15, 0.2) is 0 Å². The van der Waals surface area contributed by atoms with Gasteiger partial charge >= 0.3 is 12.1 Å². The van der Waals surface area contributed by atoms with E-state index in [9.17, 15) is 18.0 Å². The van der Waals surface area contributed by atoms with Crippen molar-refractivity contribution in [2.45, 2.75) is 6.18 Å². The summed E-state index contributed by atoms with van der Waals surface area (Å²) < 4.78 is 43.6. The summed E-state index contributed by atoms with van der Waals surface area (Å²) in [6, 6.07) is 12.7. The van der Waals surface area contributed by atoms with Gasteiger partial charge < -0.3 is 4.74 Å². The SMILES string of the molecule is C=C(c1cc(C(=O)OC)ccc1N=Cc1ccccc1)C(F)(F)F. The van der Waals surface area contributed by atoms with Gasteiger partial charge in [0.05, 0.1) is 23.9 Å². The Morgan fingerprint density at radius 2 is 1.83 bits per heavy atom. The van der Waals surface area contributed by atoms with Crippen LogP contribution in [0, 0.1) is 0 Å². The third kappa shape index (κ3) is 4.10. The van der Waals surface area contributed by atoms with Crippen LogP contribution in [0.2, 0.25) is 0 Å². The van der Waals surface area contributed by atoms with Crippen LogP contribution in [0.15, 0.2) is 60.1 Å². The van der Waals surface area contributed by atoms with Gasteiger partial charge in [0.2, 0.25) is 0 Å². The quantitative estimate of drug-likeness (QED) is 0.595. The number of benzene rings is 2. The number of esters is 1. The highest BCUT2D eigenvalue weighted by molar-refractivity contribution is 5.93. The highest BCUT2D eigenvalue weighted by Crippen LogP contribution is 2.37. The van der Waals surface area contributed by atoms with E-state index in [4.69, 9.17) is 0 Å². The van der Waals surface area contributed by atoms with E-state index >= 15 is 0 Å². The zero-order chi connectivity index (χ0) is 17.7. The number of methoxy groups -OCH3 is 1. The molecule has 2 aromatic carbocycles. The average molecular weight is 333 g/mol. The van der Waals surface area contributed by atoms with Crippen LogP contribution >= 0.6 is 0 Å². The number of halogens is 3. The molecule has 2 aromatic rings. The minimum absolute atomic E-state index is 0.00318. The Kier molecular flexibility index (Phi) is 5.18. The number of carbonyl (C=O) groups excluding carboxylic acids is 1. The van der Waals surface area contributed by atoms with E-state index in [1.165, 1.54) is 18.3 Å². The predicted molar refractivity (Wildman–Crippen MR) is 86.6 cm³/mol. The van der Waals surface area contributed by atoms with Crippen molar-refractivity contribution < 1.29 is 22.7 Å². The van der Waals surface area contributed by atoms with E-state index in [1.807, 2.05) is 6.07 Å². The molecule has 0 spiro atoms. The number of nitrogens with zero attached hydrogens (tertiary/aromatic N) is 1. The predicted octanol–water partition coefficient (Wildman–Crippen LogP) is 4.80. The molecule has 0 atom stereocenters. The Labute approximate surface area is 137 Å². The topological polar surface area (TPSA) is 38.7 Å². The molecule has 0 aliphatic carbocycles. The molecule has 24 heavy (non-hydrogen) atoms. The van der Waals surface area contributed by atoms with Crippen LogP contribution in [0.1, 0.15) is 21.5 Å². The molecule has 3 nitrogen and oxygen atoms in total. The summed E-state index contributed by atoms with van der Waals surface area (Å²) in [5.74, 6) is -0.732. The van der Waals surface area contributed by atoms with Crippen molar-refractivity contribution in [1.82, 2.24) is 0 Å². The van der Waals surface area contributed by atoms with Gasteiger partial charge in [0.1, 0.15) is 0 Å². The van der Waals surface area contributed by atoms with Crippen molar-refractivity contribution in [1.29, 1.82) is 0 Å². The molecule has 0 bridgehead atoms. The largest absolute Gasteiger partial charge is 0.465 e. The third-order valence-electron chi connectivity index (χ3n) is 3.24. The molecule has 0 fully saturated rings. The Hall–Kier alpha value is -2.89. The van der Waals surface area contributed by atoms with Crippen molar-refractivity contribution in [2.24, 2.45) is 4.99 Å². The summed E-state index contributed by atoms with van der Waals surface area (Å²) in [4.78, 5) is 15.7. The van der Waals surface area contributed by atoms with Crippen LogP contribution in [0.3, 0.4) is 0 Å². The number of ether oxygens (including phenoxy) is 1. The molecule has 0 heterocycles. The Balaban J connectivity index is 2.48. The maximum absolute atomic E-state index is 13.0. The van der Waals surface area contributed by atoms with E-state index in [-0.39, 0.29) is 16.8 Å². The second-order valence-electron chi connectivity index (χ2n) is 4.87. The summed E-state index contributed by atoms with van der Waals surface area (Å²) >= 11 is 0. The molecule has 0 saturated carbocycles. The van der Waals surface area contributed by atoms with Gasteiger partial charge in [-0.05, 0) is 23.8 Å². The Bertz CT molecular complexity index is 781. The van der Waals surface area contributed by atoms with E-state index in [0.717, 1.165) is 18.7 Å². The minimum Gasteiger partial charge on any atom is -0.465 e. The van der Waals surface area contributed by atoms with Gasteiger partial charge in [-0.1, -0.05) is 36.9 Å². The van der Waals surface area contributed by atoms with Crippen LogP contribution in [-0.2, 0) is 4.74 Å². The van der Waals surface area contributed by atoms with Crippen molar-refractivity contribution in [3.05, 3.63) is 71.8 Å². The highest BCUT2D eigenvalue weighted by Gasteiger charge is 2.34. The van der Waals surface area contributed by atoms with Crippen molar-refractivity contribution in [3.63, 3.8) is 0 Å². The molecule has 0 aliphatic rings. The van der Waals surface area contributed by atoms with E-state index in [1.54, 1.807) is 24.3 Å². The van der Waals surface area contributed by atoms with Crippen molar-refractivity contribution >= 4 is 23.4 Å². The lowest BCUT2D eigenvalue weighted by molar-refractivity contribution is -0.0686. The Morgan fingerprint density at radius 1 is 1.17 bits per heavy atom. The first-order valence-electron chi connectivity index (χ1n) is 6.91. The molecule has 0 radical (unpaired) electrons. The summed E-state index contributed by atoms with van der Waals surface area (Å²) in [5, 5.41) is 0. The van der Waals surface area contributed by atoms with Gasteiger partial charge in [-0.3, -0.25) is 4.99 Å². The number of allylic oxidation sites excluding steroid dienone is 1. The first-order chi connectivity index (χ1) is 11.3. The monoisotopic (exact) mass is 333 g/mol. The minimum atomic E-state index is -4.63. The fourth-order valence-corrected chi connectivity index (χ4v) is 1.97. The second kappa shape index (κ2) is 7.12. The number of aliphatic imine (C=N–C) groups is 1. The van der Waals surface area contributed by atoms with Crippen LogP contribution in [0.5, 0.6) is 0 Å². The molecule has 124 valence electrons. The lowest BCUT2D eigenvalue weighted by atomic mass is 10.0. The average Bonchev–Trinajstić information content (AvgIpc) is 2.58.